The third-order valence-electron chi connectivity index (χ3n) is 4.61. The molecule has 0 aliphatic carbocycles. The highest BCUT2D eigenvalue weighted by Crippen LogP contribution is 2.22. The van der Waals surface area contributed by atoms with E-state index in [1.807, 2.05) is 6.92 Å². The zero-order chi connectivity index (χ0) is 17.0. The Hall–Kier alpha value is -0.790. The molecule has 0 radical (unpaired) electrons. The normalized spacial score (nSPS) is 15.3. The van der Waals surface area contributed by atoms with Crippen LogP contribution in [0.2, 0.25) is 0 Å². The average Bonchev–Trinajstić information content (AvgIpc) is 2.37. The summed E-state index contributed by atoms with van der Waals surface area (Å²) < 4.78 is 0. The van der Waals surface area contributed by atoms with Crippen LogP contribution in [0.3, 0.4) is 0 Å². The van der Waals surface area contributed by atoms with E-state index in [4.69, 9.17) is 5.11 Å². The summed E-state index contributed by atoms with van der Waals surface area (Å²) in [5.41, 5.74) is 1.30. The van der Waals surface area contributed by atoms with Gasteiger partial charge < -0.3 is 5.11 Å². The molecule has 0 rings (SSSR count). The summed E-state index contributed by atoms with van der Waals surface area (Å²) in [4.78, 5) is 10.6. The van der Waals surface area contributed by atoms with E-state index in [-0.39, 0.29) is 0 Å². The molecule has 0 heterocycles. The van der Waals surface area contributed by atoms with Crippen molar-refractivity contribution in [2.24, 2.45) is 17.8 Å². The highest BCUT2D eigenvalue weighted by Gasteiger charge is 2.09. The minimum absolute atomic E-state index is 0.316. The third kappa shape index (κ3) is 14.2. The Bertz CT molecular complexity index is 309. The predicted molar refractivity (Wildman–Crippen MR) is 96.1 cm³/mol. The van der Waals surface area contributed by atoms with Gasteiger partial charge in [0.2, 0.25) is 0 Å². The highest BCUT2D eigenvalue weighted by atomic mass is 16.4. The Kier molecular flexibility index (Phi) is 12.3. The van der Waals surface area contributed by atoms with Crippen LogP contribution >= 0.6 is 0 Å². The van der Waals surface area contributed by atoms with Gasteiger partial charge in [-0.05, 0) is 37.5 Å². The summed E-state index contributed by atoms with van der Waals surface area (Å²) in [6.07, 6.45) is 11.6. The van der Waals surface area contributed by atoms with Crippen LogP contribution in [0, 0.1) is 17.8 Å². The van der Waals surface area contributed by atoms with Crippen LogP contribution in [-0.4, -0.2) is 11.1 Å². The topological polar surface area (TPSA) is 37.3 Å². The average molecular weight is 311 g/mol. The predicted octanol–water partition coefficient (Wildman–Crippen LogP) is 6.46. The molecule has 0 aromatic rings. The Balaban J connectivity index is 3.54. The summed E-state index contributed by atoms with van der Waals surface area (Å²) in [6, 6.07) is 0. The van der Waals surface area contributed by atoms with Gasteiger partial charge in [-0.2, -0.15) is 0 Å². The maximum atomic E-state index is 10.6. The number of rotatable bonds is 14. The van der Waals surface area contributed by atoms with Gasteiger partial charge in [0.1, 0.15) is 0 Å². The lowest BCUT2D eigenvalue weighted by Crippen LogP contribution is -2.05. The zero-order valence-corrected chi connectivity index (χ0v) is 15.4. The van der Waals surface area contributed by atoms with E-state index in [9.17, 15) is 4.79 Å². The number of hydrogen-bond acceptors (Lipinski definition) is 1. The lowest BCUT2D eigenvalue weighted by atomic mass is 9.91. The van der Waals surface area contributed by atoms with Gasteiger partial charge in [0.25, 0.3) is 0 Å². The van der Waals surface area contributed by atoms with Gasteiger partial charge >= 0.3 is 5.97 Å². The third-order valence-corrected chi connectivity index (χ3v) is 4.61. The second kappa shape index (κ2) is 12.7. The molecular weight excluding hydrogens is 272 g/mol. The van der Waals surface area contributed by atoms with E-state index in [0.29, 0.717) is 12.3 Å². The summed E-state index contributed by atoms with van der Waals surface area (Å²) >= 11 is 0. The molecule has 1 N–H and O–H groups in total. The second-order valence-corrected chi connectivity index (χ2v) is 7.62. The number of carbonyl (C=O) groups is 1. The minimum Gasteiger partial charge on any atom is -0.481 e. The first-order valence-electron chi connectivity index (χ1n) is 9.17. The molecule has 3 atom stereocenters. The molecule has 0 saturated carbocycles. The molecule has 0 saturated heterocycles. The van der Waals surface area contributed by atoms with Crippen molar-refractivity contribution in [2.45, 2.75) is 91.9 Å². The molecule has 0 aromatic carbocycles. The molecular formula is C20H38O2. The standard InChI is InChI=1S/C20H38O2/c1-16(2)9-6-10-17(3)11-7-12-18(4)13-8-14-19(5)15-20(21)22/h17-19H,1,6-15H2,2-5H3,(H,21,22). The monoisotopic (exact) mass is 310 g/mol. The summed E-state index contributed by atoms with van der Waals surface area (Å²) in [5, 5.41) is 8.75. The second-order valence-electron chi connectivity index (χ2n) is 7.62. The van der Waals surface area contributed by atoms with E-state index >= 15 is 0 Å². The van der Waals surface area contributed by atoms with Crippen LogP contribution < -0.4 is 0 Å². The Morgan fingerprint density at radius 3 is 1.68 bits per heavy atom. The Morgan fingerprint density at radius 2 is 1.27 bits per heavy atom. The minimum atomic E-state index is -0.666. The van der Waals surface area contributed by atoms with Gasteiger partial charge in [0, 0.05) is 6.42 Å². The molecule has 0 aromatic heterocycles. The number of hydrogen-bond donors (Lipinski definition) is 1. The molecule has 130 valence electrons. The lowest BCUT2D eigenvalue weighted by molar-refractivity contribution is -0.138. The van der Waals surface area contributed by atoms with Crippen LogP contribution in [0.1, 0.15) is 91.9 Å². The quantitative estimate of drug-likeness (QED) is 0.374. The van der Waals surface area contributed by atoms with Crippen LogP contribution in [0.5, 0.6) is 0 Å². The molecule has 0 bridgehead atoms. The number of aliphatic carboxylic acids is 1. The maximum absolute atomic E-state index is 10.6. The summed E-state index contributed by atoms with van der Waals surface area (Å²) in [7, 11) is 0. The first-order valence-corrected chi connectivity index (χ1v) is 9.17. The zero-order valence-electron chi connectivity index (χ0n) is 15.4. The van der Waals surface area contributed by atoms with E-state index in [1.165, 1.54) is 56.9 Å². The fraction of sp³-hybridized carbons (Fsp3) is 0.850. The molecule has 0 aliphatic heterocycles. The Morgan fingerprint density at radius 1 is 0.864 bits per heavy atom. The molecule has 0 amide bonds. The molecule has 3 unspecified atom stereocenters. The first kappa shape index (κ1) is 21.2. The molecule has 22 heavy (non-hydrogen) atoms. The van der Waals surface area contributed by atoms with Crippen LogP contribution in [0.15, 0.2) is 12.2 Å². The van der Waals surface area contributed by atoms with Crippen molar-refractivity contribution < 1.29 is 9.90 Å². The van der Waals surface area contributed by atoms with E-state index < -0.39 is 5.97 Å². The molecule has 0 aliphatic rings. The number of carboxylic acids is 1. The van der Waals surface area contributed by atoms with Crippen molar-refractivity contribution >= 4 is 5.97 Å². The van der Waals surface area contributed by atoms with E-state index in [1.54, 1.807) is 0 Å². The SMILES string of the molecule is C=C(C)CCCC(C)CCCC(C)CCCC(C)CC(=O)O. The smallest absolute Gasteiger partial charge is 0.303 e. The number of allylic oxidation sites excluding steroid dienone is 1. The first-order chi connectivity index (χ1) is 10.3. The Labute approximate surface area is 138 Å². The van der Waals surface area contributed by atoms with Crippen molar-refractivity contribution in [3.63, 3.8) is 0 Å². The van der Waals surface area contributed by atoms with E-state index in [2.05, 4.69) is 27.4 Å². The van der Waals surface area contributed by atoms with Crippen molar-refractivity contribution in [1.29, 1.82) is 0 Å². The van der Waals surface area contributed by atoms with Crippen molar-refractivity contribution in [3.8, 4) is 0 Å². The van der Waals surface area contributed by atoms with E-state index in [0.717, 1.165) is 18.3 Å². The number of carboxylic acid groups (broad SMARTS) is 1. The van der Waals surface area contributed by atoms with Gasteiger partial charge in [-0.25, -0.2) is 0 Å². The summed E-state index contributed by atoms with van der Waals surface area (Å²) in [5.74, 6) is 1.26. The van der Waals surface area contributed by atoms with Gasteiger partial charge in [-0.3, -0.25) is 4.79 Å². The molecule has 2 heteroatoms. The fourth-order valence-electron chi connectivity index (χ4n) is 3.07. The van der Waals surface area contributed by atoms with Gasteiger partial charge in [-0.1, -0.05) is 71.3 Å². The largest absolute Gasteiger partial charge is 0.481 e. The van der Waals surface area contributed by atoms with Gasteiger partial charge in [-0.15, -0.1) is 6.58 Å². The molecule has 0 spiro atoms. The molecule has 0 fully saturated rings. The summed E-state index contributed by atoms with van der Waals surface area (Å²) in [6.45, 7) is 12.8. The van der Waals surface area contributed by atoms with Crippen molar-refractivity contribution in [3.05, 3.63) is 12.2 Å². The lowest BCUT2D eigenvalue weighted by Gasteiger charge is -2.15. The van der Waals surface area contributed by atoms with Gasteiger partial charge in [0.05, 0.1) is 0 Å². The fourth-order valence-corrected chi connectivity index (χ4v) is 3.07. The van der Waals surface area contributed by atoms with Crippen molar-refractivity contribution in [2.75, 3.05) is 0 Å². The van der Waals surface area contributed by atoms with Gasteiger partial charge in [0.15, 0.2) is 0 Å². The maximum Gasteiger partial charge on any atom is 0.303 e. The molecule has 2 nitrogen and oxygen atoms in total. The van der Waals surface area contributed by atoms with Crippen LogP contribution in [0.4, 0.5) is 0 Å². The highest BCUT2D eigenvalue weighted by molar-refractivity contribution is 5.66. The van der Waals surface area contributed by atoms with Crippen molar-refractivity contribution in [1.82, 2.24) is 0 Å². The van der Waals surface area contributed by atoms with Crippen LogP contribution in [0.25, 0.3) is 0 Å². The van der Waals surface area contributed by atoms with Crippen LogP contribution in [-0.2, 0) is 4.79 Å².